The minimum Gasteiger partial charge on any atom is -0.455 e. The fourth-order valence-electron chi connectivity index (χ4n) is 3.07. The second-order valence-corrected chi connectivity index (χ2v) is 6.84. The zero-order valence-corrected chi connectivity index (χ0v) is 16.1. The highest BCUT2D eigenvalue weighted by atomic mass is 19.1. The summed E-state index contributed by atoms with van der Waals surface area (Å²) in [7, 11) is 0. The molecule has 3 amide bonds. The van der Waals surface area contributed by atoms with Gasteiger partial charge in [0.15, 0.2) is 6.61 Å². The van der Waals surface area contributed by atoms with Gasteiger partial charge < -0.3 is 20.3 Å². The molecule has 1 heterocycles. The van der Waals surface area contributed by atoms with Crippen LogP contribution in [0.2, 0.25) is 0 Å². The van der Waals surface area contributed by atoms with Crippen molar-refractivity contribution in [3.63, 3.8) is 0 Å². The number of hydrogen-bond acceptors (Lipinski definition) is 4. The highest BCUT2D eigenvalue weighted by Crippen LogP contribution is 2.20. The van der Waals surface area contributed by atoms with E-state index in [0.717, 1.165) is 12.1 Å². The lowest BCUT2D eigenvalue weighted by atomic mass is 9.97. The Morgan fingerprint density at radius 1 is 1.00 bits per heavy atom. The third kappa shape index (κ3) is 5.76. The summed E-state index contributed by atoms with van der Waals surface area (Å²) in [6, 6.07) is 11.5. The van der Waals surface area contributed by atoms with Crippen molar-refractivity contribution < 1.29 is 27.9 Å². The minimum absolute atomic E-state index is 0.199. The third-order valence-electron chi connectivity index (χ3n) is 4.69. The summed E-state index contributed by atoms with van der Waals surface area (Å²) in [5.41, 5.74) is 0.489. The van der Waals surface area contributed by atoms with Crippen LogP contribution in [0.4, 0.5) is 25.0 Å². The molecule has 0 unspecified atom stereocenters. The van der Waals surface area contributed by atoms with Crippen LogP contribution in [0.25, 0.3) is 0 Å². The normalized spacial score (nSPS) is 14.1. The molecule has 2 aromatic carbocycles. The van der Waals surface area contributed by atoms with Gasteiger partial charge in [-0.1, -0.05) is 18.2 Å². The maximum absolute atomic E-state index is 13.5. The molecule has 0 spiro atoms. The van der Waals surface area contributed by atoms with Gasteiger partial charge in [-0.2, -0.15) is 0 Å². The number of ether oxygens (including phenoxy) is 1. The first kappa shape index (κ1) is 21.2. The van der Waals surface area contributed by atoms with Gasteiger partial charge in [0.1, 0.15) is 11.6 Å². The molecule has 0 aromatic heterocycles. The van der Waals surface area contributed by atoms with E-state index in [2.05, 4.69) is 10.6 Å². The number of para-hydroxylation sites is 1. The Morgan fingerprint density at radius 3 is 2.37 bits per heavy atom. The number of amides is 3. The quantitative estimate of drug-likeness (QED) is 0.730. The summed E-state index contributed by atoms with van der Waals surface area (Å²) in [5.74, 6) is -3.39. The van der Waals surface area contributed by atoms with E-state index in [1.165, 1.54) is 0 Å². The Bertz CT molecular complexity index is 916. The van der Waals surface area contributed by atoms with Crippen molar-refractivity contribution in [3.05, 3.63) is 60.2 Å². The maximum atomic E-state index is 13.5. The molecule has 1 aliphatic heterocycles. The summed E-state index contributed by atoms with van der Waals surface area (Å²) in [5, 5.41) is 5.01. The molecule has 0 aliphatic carbocycles. The third-order valence-corrected chi connectivity index (χ3v) is 4.69. The Balaban J connectivity index is 1.40. The van der Waals surface area contributed by atoms with Crippen molar-refractivity contribution in [2.45, 2.75) is 12.8 Å². The number of carbonyl (C=O) groups is 3. The molecule has 9 heteroatoms. The molecule has 158 valence electrons. The molecular weight excluding hydrogens is 396 g/mol. The molecule has 0 saturated carbocycles. The predicted octanol–water partition coefficient (Wildman–Crippen LogP) is 3.39. The van der Waals surface area contributed by atoms with Gasteiger partial charge >= 0.3 is 12.0 Å². The molecule has 1 aliphatic rings. The Kier molecular flexibility index (Phi) is 6.95. The van der Waals surface area contributed by atoms with Gasteiger partial charge in [-0.05, 0) is 37.1 Å². The van der Waals surface area contributed by atoms with Gasteiger partial charge in [-0.25, -0.2) is 13.6 Å². The summed E-state index contributed by atoms with van der Waals surface area (Å²) >= 11 is 0. The fraction of sp³-hybridized carbons (Fsp3) is 0.286. The van der Waals surface area contributed by atoms with Crippen LogP contribution in [0.3, 0.4) is 0 Å². The summed E-state index contributed by atoms with van der Waals surface area (Å²) < 4.78 is 31.4. The van der Waals surface area contributed by atoms with Gasteiger partial charge in [0.25, 0.3) is 5.91 Å². The first-order valence-electron chi connectivity index (χ1n) is 9.45. The van der Waals surface area contributed by atoms with Gasteiger partial charge in [0.05, 0.1) is 11.6 Å². The number of esters is 1. The number of anilines is 2. The topological polar surface area (TPSA) is 87.7 Å². The molecule has 0 atom stereocenters. The van der Waals surface area contributed by atoms with Crippen LogP contribution in [0.1, 0.15) is 12.8 Å². The van der Waals surface area contributed by atoms with Crippen LogP contribution < -0.4 is 10.6 Å². The van der Waals surface area contributed by atoms with Gasteiger partial charge in [0.2, 0.25) is 0 Å². The molecule has 0 radical (unpaired) electrons. The number of piperidine rings is 1. The molecule has 2 N–H and O–H groups in total. The van der Waals surface area contributed by atoms with E-state index in [-0.39, 0.29) is 11.7 Å². The van der Waals surface area contributed by atoms with Crippen molar-refractivity contribution >= 4 is 29.3 Å². The molecule has 1 fully saturated rings. The van der Waals surface area contributed by atoms with E-state index < -0.39 is 36.0 Å². The monoisotopic (exact) mass is 417 g/mol. The van der Waals surface area contributed by atoms with E-state index in [1.54, 1.807) is 17.0 Å². The highest BCUT2D eigenvalue weighted by molar-refractivity contribution is 5.93. The Labute approximate surface area is 172 Å². The standard InChI is InChI=1S/C21H21F2N3O4/c22-15-6-7-18(17(23)12-15)25-19(27)13-30-20(28)14-8-10-26(11-9-14)21(29)24-16-4-2-1-3-5-16/h1-7,12,14H,8-11,13H2,(H,24,29)(H,25,27). The first-order valence-corrected chi connectivity index (χ1v) is 9.45. The zero-order valence-electron chi connectivity index (χ0n) is 16.1. The van der Waals surface area contributed by atoms with Crippen LogP contribution in [0, 0.1) is 17.6 Å². The molecule has 3 rings (SSSR count). The van der Waals surface area contributed by atoms with Gasteiger partial charge in [-0.3, -0.25) is 9.59 Å². The van der Waals surface area contributed by atoms with Crippen LogP contribution in [0.5, 0.6) is 0 Å². The SMILES string of the molecule is O=C(COC(=O)C1CCN(C(=O)Nc2ccccc2)CC1)Nc1ccc(F)cc1F. The number of halogens is 2. The number of benzene rings is 2. The fourth-order valence-corrected chi connectivity index (χ4v) is 3.07. The van der Waals surface area contributed by atoms with E-state index in [0.29, 0.717) is 37.7 Å². The van der Waals surface area contributed by atoms with E-state index in [1.807, 2.05) is 18.2 Å². The van der Waals surface area contributed by atoms with Crippen LogP contribution in [0.15, 0.2) is 48.5 Å². The number of nitrogens with zero attached hydrogens (tertiary/aromatic N) is 1. The number of likely N-dealkylation sites (tertiary alicyclic amines) is 1. The largest absolute Gasteiger partial charge is 0.455 e. The van der Waals surface area contributed by atoms with Gasteiger partial charge in [0, 0.05) is 24.8 Å². The zero-order chi connectivity index (χ0) is 21.5. The highest BCUT2D eigenvalue weighted by Gasteiger charge is 2.28. The van der Waals surface area contributed by atoms with Crippen LogP contribution in [-0.2, 0) is 14.3 Å². The average Bonchev–Trinajstić information content (AvgIpc) is 2.75. The van der Waals surface area contributed by atoms with Gasteiger partial charge in [-0.15, -0.1) is 0 Å². The number of rotatable bonds is 5. The van der Waals surface area contributed by atoms with E-state index >= 15 is 0 Å². The number of nitrogens with one attached hydrogen (secondary N) is 2. The molecular formula is C21H21F2N3O4. The molecule has 30 heavy (non-hydrogen) atoms. The lowest BCUT2D eigenvalue weighted by molar-refractivity contribution is -0.152. The molecule has 1 saturated heterocycles. The molecule has 2 aromatic rings. The smallest absolute Gasteiger partial charge is 0.321 e. The van der Waals surface area contributed by atoms with Crippen molar-refractivity contribution in [2.24, 2.45) is 5.92 Å². The van der Waals surface area contributed by atoms with Crippen LogP contribution in [-0.4, -0.2) is 42.5 Å². The minimum atomic E-state index is -0.921. The molecule has 0 bridgehead atoms. The van der Waals surface area contributed by atoms with Crippen molar-refractivity contribution in [3.8, 4) is 0 Å². The van der Waals surface area contributed by atoms with Crippen molar-refractivity contribution in [2.75, 3.05) is 30.3 Å². The number of carbonyl (C=O) groups excluding carboxylic acids is 3. The lowest BCUT2D eigenvalue weighted by Crippen LogP contribution is -2.43. The van der Waals surface area contributed by atoms with Crippen molar-refractivity contribution in [1.29, 1.82) is 0 Å². The lowest BCUT2D eigenvalue weighted by Gasteiger charge is -2.30. The Hall–Kier alpha value is -3.49. The second-order valence-electron chi connectivity index (χ2n) is 6.84. The van der Waals surface area contributed by atoms with Crippen molar-refractivity contribution in [1.82, 2.24) is 4.90 Å². The summed E-state index contributed by atoms with van der Waals surface area (Å²) in [4.78, 5) is 37.9. The van der Waals surface area contributed by atoms with E-state index in [9.17, 15) is 23.2 Å². The second kappa shape index (κ2) is 9.82. The van der Waals surface area contributed by atoms with E-state index in [4.69, 9.17) is 4.74 Å². The maximum Gasteiger partial charge on any atom is 0.321 e. The number of hydrogen-bond donors (Lipinski definition) is 2. The first-order chi connectivity index (χ1) is 14.4. The molecule has 7 nitrogen and oxygen atoms in total. The Morgan fingerprint density at radius 2 is 1.70 bits per heavy atom. The van der Waals surface area contributed by atoms with Crippen LogP contribution >= 0.6 is 0 Å². The average molecular weight is 417 g/mol. The summed E-state index contributed by atoms with van der Waals surface area (Å²) in [6.45, 7) is 0.182. The number of urea groups is 1. The predicted molar refractivity (Wildman–Crippen MR) is 106 cm³/mol. The summed E-state index contributed by atoms with van der Waals surface area (Å²) in [6.07, 6.45) is 0.824.